The molecule has 9 heterocycles. The molecule has 98 heavy (non-hydrogen) atoms. The standard InChI is InChI=1S/C26H21N5O2S.2C24H18N6OS/c1-2-33-26(32)25-30-21(16-34-25)23-29-20-13-8-12-19(17-9-4-3-5-10-17)22(20)24(31-23)28-15-18-11-6-7-14-27-18;2*25-21(31)24-29-19(14-32-24)22-28-18-11-6-10-17(15-7-2-1-3-8-15)20(18)23(30-22)27-13-16-9-4-5-12-26-16/h3-14,16H,2,15H2,1H3,(H,28,29,31);2*1-12,14H,13H2,(H2,25,31)(H,27,28,30). The highest BCUT2D eigenvalue weighted by Crippen LogP contribution is 2.38. The number of nitrogens with zero attached hydrogens (tertiary/aromatic N) is 12. The van der Waals surface area contributed by atoms with Gasteiger partial charge in [0.1, 0.15) is 34.5 Å². The van der Waals surface area contributed by atoms with Crippen molar-refractivity contribution in [2.45, 2.75) is 26.6 Å². The third kappa shape index (κ3) is 15.0. The number of thiazole rings is 3. The maximum atomic E-state index is 12.1. The van der Waals surface area contributed by atoms with Crippen LogP contribution in [0.25, 0.3) is 101 Å². The van der Waals surface area contributed by atoms with Crippen molar-refractivity contribution in [3.8, 4) is 67.9 Å². The molecule has 0 bridgehead atoms. The van der Waals surface area contributed by atoms with Crippen molar-refractivity contribution in [1.29, 1.82) is 0 Å². The maximum Gasteiger partial charge on any atom is 0.367 e. The van der Waals surface area contributed by atoms with Crippen molar-refractivity contribution in [1.82, 2.24) is 59.8 Å². The fraction of sp³-hybridized carbons (Fsp3) is 0.0676. The van der Waals surface area contributed by atoms with Crippen LogP contribution in [0.2, 0.25) is 0 Å². The number of ether oxygens (including phenoxy) is 1. The van der Waals surface area contributed by atoms with Crippen molar-refractivity contribution in [2.75, 3.05) is 22.6 Å². The number of nitrogens with one attached hydrogen (secondary N) is 3. The molecule has 0 unspecified atom stereocenters. The number of aromatic nitrogens is 12. The lowest BCUT2D eigenvalue weighted by molar-refractivity contribution is 0.0525. The molecule has 15 rings (SSSR count). The van der Waals surface area contributed by atoms with E-state index in [2.05, 4.69) is 100 Å². The summed E-state index contributed by atoms with van der Waals surface area (Å²) in [6.07, 6.45) is 5.29. The molecule has 21 nitrogen and oxygen atoms in total. The first kappa shape index (κ1) is 64.2. The number of carbonyl (C=O) groups is 3. The smallest absolute Gasteiger partial charge is 0.367 e. The molecule has 7 N–H and O–H groups in total. The molecule has 0 aliphatic carbocycles. The number of fused-ring (bicyclic) bond motifs is 3. The monoisotopic (exact) mass is 1340 g/mol. The fourth-order valence-corrected chi connectivity index (χ4v) is 12.5. The molecule has 0 aliphatic heterocycles. The summed E-state index contributed by atoms with van der Waals surface area (Å²) in [5, 5.41) is 19.0. The van der Waals surface area contributed by atoms with Crippen molar-refractivity contribution >= 4 is 102 Å². The van der Waals surface area contributed by atoms with Crippen LogP contribution in [0.15, 0.2) is 235 Å². The minimum absolute atomic E-state index is 0.227. The lowest BCUT2D eigenvalue weighted by atomic mass is 10.0. The second kappa shape index (κ2) is 30.3. The summed E-state index contributed by atoms with van der Waals surface area (Å²) in [6.45, 7) is 3.56. The van der Waals surface area contributed by atoms with Gasteiger partial charge in [-0.05, 0) is 94.9 Å². The van der Waals surface area contributed by atoms with E-state index in [0.29, 0.717) is 78.2 Å². The van der Waals surface area contributed by atoms with Gasteiger partial charge in [0.2, 0.25) is 5.01 Å². The molecule has 0 radical (unpaired) electrons. The summed E-state index contributed by atoms with van der Waals surface area (Å²) >= 11 is 3.57. The van der Waals surface area contributed by atoms with Gasteiger partial charge in [-0.2, -0.15) is 0 Å². The van der Waals surface area contributed by atoms with E-state index in [0.717, 1.165) is 83.2 Å². The first-order chi connectivity index (χ1) is 48.1. The SMILES string of the molecule is CCOC(=O)c1nc(-c2nc(NCc3ccccn3)c3c(-c4ccccc4)cccc3n2)cs1.NC(=O)c1nc(-c2nc(NCc3ccccn3)c3c(-c4ccccc4)cccc3n2)cs1.NC(=O)c1nc(-c2nc(NCc3ccccn3)c3c(-c4ccccc4)cccc3n2)cs1. The largest absolute Gasteiger partial charge is 0.461 e. The molecule has 15 aromatic rings. The zero-order valence-electron chi connectivity index (χ0n) is 52.2. The van der Waals surface area contributed by atoms with Gasteiger partial charge >= 0.3 is 5.97 Å². The van der Waals surface area contributed by atoms with Crippen LogP contribution in [0.1, 0.15) is 53.4 Å². The summed E-state index contributed by atoms with van der Waals surface area (Å²) in [5.74, 6) is 1.73. The summed E-state index contributed by atoms with van der Waals surface area (Å²) in [5.41, 5.74) is 23.6. The third-order valence-electron chi connectivity index (χ3n) is 15.0. The first-order valence-electron chi connectivity index (χ1n) is 30.7. The van der Waals surface area contributed by atoms with E-state index in [1.54, 1.807) is 41.7 Å². The number of carbonyl (C=O) groups excluding carboxylic acids is 3. The lowest BCUT2D eigenvalue weighted by Gasteiger charge is -2.14. The van der Waals surface area contributed by atoms with Crippen molar-refractivity contribution in [3.05, 3.63) is 267 Å². The third-order valence-corrected chi connectivity index (χ3v) is 17.5. The minimum Gasteiger partial charge on any atom is -0.461 e. The molecule has 0 saturated carbocycles. The van der Waals surface area contributed by atoms with E-state index in [1.807, 2.05) is 146 Å². The minimum atomic E-state index is -0.568. The number of anilines is 3. The van der Waals surface area contributed by atoms with Crippen LogP contribution in [-0.2, 0) is 24.4 Å². The van der Waals surface area contributed by atoms with Crippen LogP contribution in [-0.4, -0.2) is 84.2 Å². The van der Waals surface area contributed by atoms with Gasteiger partial charge in [-0.1, -0.05) is 146 Å². The van der Waals surface area contributed by atoms with Gasteiger partial charge in [0.05, 0.1) is 76.0 Å². The van der Waals surface area contributed by atoms with Crippen LogP contribution in [0.4, 0.5) is 17.5 Å². The molecular weight excluding hydrogens is 1290 g/mol. The zero-order valence-corrected chi connectivity index (χ0v) is 54.7. The molecule has 0 aliphatic rings. The number of primary amides is 2. The highest BCUT2D eigenvalue weighted by molar-refractivity contribution is 7.12. The Hall–Kier alpha value is -12.5. The van der Waals surface area contributed by atoms with E-state index >= 15 is 0 Å². The molecule has 0 spiro atoms. The average molecular weight is 1340 g/mol. The van der Waals surface area contributed by atoms with E-state index in [4.69, 9.17) is 46.1 Å². The Kier molecular flexibility index (Phi) is 19.8. The van der Waals surface area contributed by atoms with Gasteiger partial charge in [-0.25, -0.2) is 49.7 Å². The molecule has 24 heteroatoms. The Labute approximate surface area is 573 Å². The van der Waals surface area contributed by atoms with E-state index < -0.39 is 17.8 Å². The second-order valence-electron chi connectivity index (χ2n) is 21.5. The molecule has 0 atom stereocenters. The quantitative estimate of drug-likeness (QED) is 0.0470. The Morgan fingerprint density at radius 2 is 0.684 bits per heavy atom. The highest BCUT2D eigenvalue weighted by atomic mass is 32.1. The van der Waals surface area contributed by atoms with Crippen LogP contribution in [0.3, 0.4) is 0 Å². The van der Waals surface area contributed by atoms with Gasteiger partial charge in [-0.3, -0.25) is 24.5 Å². The van der Waals surface area contributed by atoms with Crippen molar-refractivity contribution in [2.24, 2.45) is 11.5 Å². The van der Waals surface area contributed by atoms with E-state index in [1.165, 1.54) is 34.0 Å². The zero-order chi connectivity index (χ0) is 67.2. The molecular formula is C74H57N17O4S3. The number of hydrogen-bond donors (Lipinski definition) is 5. The van der Waals surface area contributed by atoms with Crippen molar-refractivity contribution in [3.63, 3.8) is 0 Å². The molecule has 6 aromatic carbocycles. The summed E-state index contributed by atoms with van der Waals surface area (Å²) in [6, 6.07) is 65.7. The molecule has 0 saturated heterocycles. The van der Waals surface area contributed by atoms with Crippen LogP contribution < -0.4 is 27.4 Å². The molecule has 2 amide bonds. The van der Waals surface area contributed by atoms with Crippen LogP contribution in [0.5, 0.6) is 0 Å². The summed E-state index contributed by atoms with van der Waals surface area (Å²) in [4.78, 5) is 90.0. The Balaban J connectivity index is 0.000000132. The predicted molar refractivity (Wildman–Crippen MR) is 386 cm³/mol. The van der Waals surface area contributed by atoms with Gasteiger partial charge < -0.3 is 32.2 Å². The lowest BCUT2D eigenvalue weighted by Crippen LogP contribution is -2.10. The first-order valence-corrected chi connectivity index (χ1v) is 33.4. The second-order valence-corrected chi connectivity index (χ2v) is 24.0. The van der Waals surface area contributed by atoms with Crippen LogP contribution in [0, 0.1) is 0 Å². The fourth-order valence-electron chi connectivity index (χ4n) is 10.5. The highest BCUT2D eigenvalue weighted by Gasteiger charge is 2.22. The van der Waals surface area contributed by atoms with Gasteiger partial charge in [0, 0.05) is 34.7 Å². The van der Waals surface area contributed by atoms with Gasteiger partial charge in [0.25, 0.3) is 11.8 Å². The molecule has 480 valence electrons. The Bertz CT molecular complexity index is 5070. The van der Waals surface area contributed by atoms with Crippen molar-refractivity contribution < 1.29 is 19.1 Å². The number of benzene rings is 6. The van der Waals surface area contributed by atoms with Gasteiger partial charge in [-0.15, -0.1) is 34.0 Å². The number of esters is 1. The van der Waals surface area contributed by atoms with E-state index in [9.17, 15) is 14.4 Å². The summed E-state index contributed by atoms with van der Waals surface area (Å²) < 4.78 is 5.07. The number of pyridine rings is 3. The predicted octanol–water partition coefficient (Wildman–Crippen LogP) is 14.7. The number of amides is 2. The Morgan fingerprint density at radius 1 is 0.367 bits per heavy atom. The van der Waals surface area contributed by atoms with Crippen LogP contribution >= 0.6 is 34.0 Å². The number of rotatable bonds is 19. The normalized spacial score (nSPS) is 10.9. The number of nitrogens with two attached hydrogens (primary N) is 2. The van der Waals surface area contributed by atoms with Gasteiger partial charge in [0.15, 0.2) is 27.5 Å². The maximum absolute atomic E-state index is 12.1. The average Bonchev–Trinajstić information content (AvgIpc) is 1.08. The number of hydrogen-bond acceptors (Lipinski definition) is 22. The molecule has 9 aromatic heterocycles. The molecule has 0 fully saturated rings. The van der Waals surface area contributed by atoms with E-state index in [-0.39, 0.29) is 15.0 Å². The Morgan fingerprint density at radius 3 is 0.980 bits per heavy atom. The summed E-state index contributed by atoms with van der Waals surface area (Å²) in [7, 11) is 0. The topological polar surface area (TPSA) is 303 Å².